The number of phenolic OH excluding ortho intramolecular Hbond substituents is 1. The Bertz CT molecular complexity index is 1300. The minimum atomic E-state index is -0.740. The molecule has 0 aromatic heterocycles. The molecule has 0 fully saturated rings. The van der Waals surface area contributed by atoms with E-state index in [4.69, 9.17) is 0 Å². The summed E-state index contributed by atoms with van der Waals surface area (Å²) in [6, 6.07) is 12.2. The fourth-order valence-corrected chi connectivity index (χ4v) is 3.51. The standard InChI is InChI=1S/C20H11N3O7/c24-19-4-2-1-3-11(19)7-15-16-8-12(21(25)26)5-6-14(16)20-17(15)9-13(22(27)28)10-18(20)23(29)30/h1-10,24H/b15-7-. The van der Waals surface area contributed by atoms with Crippen LogP contribution in [0.2, 0.25) is 0 Å². The van der Waals surface area contributed by atoms with Crippen LogP contribution in [-0.4, -0.2) is 19.9 Å². The lowest BCUT2D eigenvalue weighted by Gasteiger charge is -2.05. The largest absolute Gasteiger partial charge is 0.507 e. The number of non-ortho nitro benzene ring substituents is 2. The summed E-state index contributed by atoms with van der Waals surface area (Å²) < 4.78 is 0. The molecule has 1 N–H and O–H groups in total. The fraction of sp³-hybridized carbons (Fsp3) is 0. The van der Waals surface area contributed by atoms with Crippen molar-refractivity contribution < 1.29 is 19.9 Å². The van der Waals surface area contributed by atoms with Gasteiger partial charge in [0.1, 0.15) is 5.75 Å². The Labute approximate surface area is 167 Å². The molecule has 0 saturated heterocycles. The summed E-state index contributed by atoms with van der Waals surface area (Å²) in [5, 5.41) is 44.4. The van der Waals surface area contributed by atoms with E-state index >= 15 is 0 Å². The van der Waals surface area contributed by atoms with Gasteiger partial charge < -0.3 is 5.11 Å². The monoisotopic (exact) mass is 405 g/mol. The molecular weight excluding hydrogens is 394 g/mol. The molecule has 0 radical (unpaired) electrons. The van der Waals surface area contributed by atoms with Crippen molar-refractivity contribution >= 4 is 28.7 Å². The van der Waals surface area contributed by atoms with Gasteiger partial charge in [0.05, 0.1) is 26.4 Å². The fourth-order valence-electron chi connectivity index (χ4n) is 3.51. The predicted octanol–water partition coefficient (Wildman–Crippen LogP) is 4.69. The highest BCUT2D eigenvalue weighted by Crippen LogP contribution is 2.51. The van der Waals surface area contributed by atoms with E-state index in [0.717, 1.165) is 6.07 Å². The van der Waals surface area contributed by atoms with Gasteiger partial charge in [-0.15, -0.1) is 0 Å². The lowest BCUT2D eigenvalue weighted by atomic mass is 9.99. The SMILES string of the molecule is O=[N+]([O-])c1ccc2c(c1)/C(=C/c1ccccc1O)c1cc([N+](=O)[O-])cc([N+](=O)[O-])c1-2. The highest BCUT2D eigenvalue weighted by molar-refractivity contribution is 6.10. The average molecular weight is 405 g/mol. The van der Waals surface area contributed by atoms with Crippen LogP contribution in [-0.2, 0) is 0 Å². The quantitative estimate of drug-likeness (QED) is 0.382. The number of nitro benzene ring substituents is 3. The zero-order valence-electron chi connectivity index (χ0n) is 15.0. The van der Waals surface area contributed by atoms with Gasteiger partial charge in [-0.1, -0.05) is 18.2 Å². The van der Waals surface area contributed by atoms with E-state index in [1.165, 1.54) is 36.4 Å². The van der Waals surface area contributed by atoms with Crippen LogP contribution in [0.5, 0.6) is 5.75 Å². The van der Waals surface area contributed by atoms with Gasteiger partial charge in [-0.2, -0.15) is 0 Å². The summed E-state index contributed by atoms with van der Waals surface area (Å²) in [4.78, 5) is 32.2. The normalized spacial score (nSPS) is 13.0. The molecule has 0 aliphatic heterocycles. The van der Waals surface area contributed by atoms with Crippen molar-refractivity contribution in [3.63, 3.8) is 0 Å². The number of nitro groups is 3. The lowest BCUT2D eigenvalue weighted by molar-refractivity contribution is -0.393. The lowest BCUT2D eigenvalue weighted by Crippen LogP contribution is -1.96. The summed E-state index contributed by atoms with van der Waals surface area (Å²) in [7, 11) is 0. The summed E-state index contributed by atoms with van der Waals surface area (Å²) in [5.74, 6) is -0.0784. The molecule has 1 aliphatic rings. The van der Waals surface area contributed by atoms with Gasteiger partial charge in [0.15, 0.2) is 0 Å². The second-order valence-corrected chi connectivity index (χ2v) is 6.51. The number of hydrogen-bond donors (Lipinski definition) is 1. The molecule has 0 unspecified atom stereocenters. The summed E-state index contributed by atoms with van der Waals surface area (Å²) in [6.45, 7) is 0. The van der Waals surface area contributed by atoms with E-state index in [1.807, 2.05) is 0 Å². The third kappa shape index (κ3) is 2.92. The molecule has 3 aromatic rings. The van der Waals surface area contributed by atoms with E-state index in [2.05, 4.69) is 0 Å². The van der Waals surface area contributed by atoms with Crippen LogP contribution in [0.15, 0.2) is 54.6 Å². The molecule has 148 valence electrons. The first kappa shape index (κ1) is 18.7. The Morgan fingerprint density at radius 1 is 0.733 bits per heavy atom. The Morgan fingerprint density at radius 2 is 1.40 bits per heavy atom. The number of nitrogens with zero attached hydrogens (tertiary/aromatic N) is 3. The van der Waals surface area contributed by atoms with Crippen molar-refractivity contribution in [2.24, 2.45) is 0 Å². The smallest absolute Gasteiger partial charge is 0.284 e. The maximum absolute atomic E-state index is 11.7. The van der Waals surface area contributed by atoms with Crippen molar-refractivity contribution in [2.45, 2.75) is 0 Å². The maximum atomic E-state index is 11.7. The molecule has 0 atom stereocenters. The molecule has 10 heteroatoms. The number of phenols is 1. The summed E-state index contributed by atoms with van der Waals surface area (Å²) >= 11 is 0. The van der Waals surface area contributed by atoms with Crippen LogP contribution in [0.4, 0.5) is 17.1 Å². The topological polar surface area (TPSA) is 150 Å². The van der Waals surface area contributed by atoms with E-state index in [-0.39, 0.29) is 22.6 Å². The van der Waals surface area contributed by atoms with Crippen LogP contribution >= 0.6 is 0 Å². The van der Waals surface area contributed by atoms with Gasteiger partial charge in [0.2, 0.25) is 0 Å². The van der Waals surface area contributed by atoms with Gasteiger partial charge in [0, 0.05) is 29.3 Å². The molecule has 0 amide bonds. The number of benzene rings is 3. The van der Waals surface area contributed by atoms with Crippen molar-refractivity contribution in [3.8, 4) is 16.9 Å². The summed E-state index contributed by atoms with van der Waals surface area (Å²) in [5.41, 5.74) is 0.448. The average Bonchev–Trinajstić information content (AvgIpc) is 3.01. The highest BCUT2D eigenvalue weighted by atomic mass is 16.6. The molecule has 0 bridgehead atoms. The first-order chi connectivity index (χ1) is 14.3. The first-order valence-electron chi connectivity index (χ1n) is 8.54. The predicted molar refractivity (Wildman–Crippen MR) is 107 cm³/mol. The van der Waals surface area contributed by atoms with E-state index < -0.39 is 26.1 Å². The second-order valence-electron chi connectivity index (χ2n) is 6.51. The van der Waals surface area contributed by atoms with Gasteiger partial charge >= 0.3 is 0 Å². The Morgan fingerprint density at radius 3 is 2.03 bits per heavy atom. The molecule has 3 aromatic carbocycles. The van der Waals surface area contributed by atoms with Crippen molar-refractivity contribution in [3.05, 3.63) is 102 Å². The second kappa shape index (κ2) is 6.78. The molecular formula is C20H11N3O7. The number of fused-ring (bicyclic) bond motifs is 3. The number of aromatic hydroxyl groups is 1. The minimum Gasteiger partial charge on any atom is -0.507 e. The van der Waals surface area contributed by atoms with Crippen LogP contribution < -0.4 is 0 Å². The molecule has 0 spiro atoms. The van der Waals surface area contributed by atoms with Gasteiger partial charge in [-0.25, -0.2) is 0 Å². The Hall–Kier alpha value is -4.60. The van der Waals surface area contributed by atoms with E-state index in [1.54, 1.807) is 18.2 Å². The number of hydrogen-bond acceptors (Lipinski definition) is 7. The number of rotatable bonds is 4. The third-order valence-electron chi connectivity index (χ3n) is 4.81. The van der Waals surface area contributed by atoms with Crippen LogP contribution in [0.1, 0.15) is 16.7 Å². The van der Waals surface area contributed by atoms with Crippen LogP contribution in [0, 0.1) is 30.3 Å². The van der Waals surface area contributed by atoms with E-state index in [9.17, 15) is 35.4 Å². The zero-order chi connectivity index (χ0) is 21.6. The highest BCUT2D eigenvalue weighted by Gasteiger charge is 2.34. The van der Waals surface area contributed by atoms with E-state index in [0.29, 0.717) is 22.3 Å². The van der Waals surface area contributed by atoms with Gasteiger partial charge in [-0.3, -0.25) is 30.3 Å². The molecule has 30 heavy (non-hydrogen) atoms. The molecule has 4 rings (SSSR count). The van der Waals surface area contributed by atoms with Crippen LogP contribution in [0.3, 0.4) is 0 Å². The third-order valence-corrected chi connectivity index (χ3v) is 4.81. The molecule has 1 aliphatic carbocycles. The molecule has 10 nitrogen and oxygen atoms in total. The van der Waals surface area contributed by atoms with Gasteiger partial charge in [-0.05, 0) is 34.9 Å². The van der Waals surface area contributed by atoms with Crippen molar-refractivity contribution in [1.29, 1.82) is 0 Å². The first-order valence-corrected chi connectivity index (χ1v) is 8.54. The summed E-state index contributed by atoms with van der Waals surface area (Å²) in [6.07, 6.45) is 1.50. The van der Waals surface area contributed by atoms with Crippen molar-refractivity contribution in [1.82, 2.24) is 0 Å². The maximum Gasteiger partial charge on any atom is 0.284 e. The number of para-hydroxylation sites is 1. The van der Waals surface area contributed by atoms with Crippen LogP contribution in [0.25, 0.3) is 22.8 Å². The minimum absolute atomic E-state index is 0.0784. The van der Waals surface area contributed by atoms with Crippen molar-refractivity contribution in [2.75, 3.05) is 0 Å². The molecule has 0 saturated carbocycles. The Kier molecular flexibility index (Phi) is 4.24. The molecule has 0 heterocycles. The zero-order valence-corrected chi connectivity index (χ0v) is 15.0. The Balaban J connectivity index is 2.11. The van der Waals surface area contributed by atoms with Gasteiger partial charge in [0.25, 0.3) is 17.1 Å².